The van der Waals surface area contributed by atoms with E-state index in [1.54, 1.807) is 0 Å². The Morgan fingerprint density at radius 2 is 0.634 bits per heavy atom. The van der Waals surface area contributed by atoms with Crippen molar-refractivity contribution in [3.63, 3.8) is 0 Å². The van der Waals surface area contributed by atoms with Crippen LogP contribution in [0.1, 0.15) is 0 Å². The molecule has 0 radical (unpaired) electrons. The van der Waals surface area contributed by atoms with Gasteiger partial charge in [0.15, 0.2) is 69.8 Å². The molecule has 0 aliphatic rings. The molecule has 0 N–H and O–H groups in total. The molecule has 0 fully saturated rings. The fraction of sp³-hybridized carbons (Fsp3) is 0.0370. The van der Waals surface area contributed by atoms with Gasteiger partial charge in [-0.25, -0.2) is 57.1 Å². The molecule has 0 saturated carbocycles. The summed E-state index contributed by atoms with van der Waals surface area (Å²) in [5.74, 6) is -34.5. The van der Waals surface area contributed by atoms with E-state index in [4.69, 9.17) is 4.74 Å². The molecule has 1 nitrogen and oxygen atoms in total. The molecule has 0 aromatic heterocycles. The number of halogens is 13. The highest BCUT2D eigenvalue weighted by atomic mass is 19.2. The van der Waals surface area contributed by atoms with Gasteiger partial charge < -0.3 is 4.74 Å². The highest BCUT2D eigenvalue weighted by Crippen LogP contribution is 2.50. The van der Waals surface area contributed by atoms with Crippen LogP contribution in [0.4, 0.5) is 57.1 Å². The summed E-state index contributed by atoms with van der Waals surface area (Å²) in [4.78, 5) is 0. The second-order valence-electron chi connectivity index (χ2n) is 8.44. The van der Waals surface area contributed by atoms with Gasteiger partial charge in [-0.2, -0.15) is 0 Å². The molecular weight excluding hydrogens is 587 g/mol. The summed E-state index contributed by atoms with van der Waals surface area (Å²) < 4.78 is 197. The first-order valence-corrected chi connectivity index (χ1v) is 10.9. The second kappa shape index (κ2) is 9.56. The minimum atomic E-state index is -2.81. The first-order valence-electron chi connectivity index (χ1n) is 10.9. The summed E-state index contributed by atoms with van der Waals surface area (Å²) in [6.07, 6.45) is 0. The maximum Gasteiger partial charge on any atom is 0.200 e. The summed E-state index contributed by atoms with van der Waals surface area (Å²) in [5, 5.41) is -7.04. The van der Waals surface area contributed by atoms with Crippen LogP contribution in [-0.4, -0.2) is 7.11 Å². The van der Waals surface area contributed by atoms with Crippen molar-refractivity contribution in [2.75, 3.05) is 7.11 Å². The van der Waals surface area contributed by atoms with Crippen LogP contribution >= 0.6 is 0 Å². The third kappa shape index (κ3) is 3.72. The Morgan fingerprint density at radius 3 is 0.976 bits per heavy atom. The average molecular weight is 594 g/mol. The molecule has 41 heavy (non-hydrogen) atoms. The van der Waals surface area contributed by atoms with E-state index in [1.807, 2.05) is 0 Å². The average Bonchev–Trinajstić information content (AvgIpc) is 2.97. The highest BCUT2D eigenvalue weighted by Gasteiger charge is 2.37. The van der Waals surface area contributed by atoms with Crippen molar-refractivity contribution < 1.29 is 61.8 Å². The lowest BCUT2D eigenvalue weighted by atomic mass is 9.84. The third-order valence-electron chi connectivity index (χ3n) is 6.37. The van der Waals surface area contributed by atoms with Gasteiger partial charge >= 0.3 is 0 Å². The van der Waals surface area contributed by atoms with E-state index in [1.165, 1.54) is 7.11 Å². The Kier molecular flexibility index (Phi) is 6.54. The molecule has 0 spiro atoms. The van der Waals surface area contributed by atoms with Gasteiger partial charge in [0.25, 0.3) is 0 Å². The van der Waals surface area contributed by atoms with E-state index in [9.17, 15) is 39.5 Å². The largest absolute Gasteiger partial charge is 0.497 e. The molecule has 0 amide bonds. The quantitative estimate of drug-likeness (QED) is 0.0877. The predicted molar refractivity (Wildman–Crippen MR) is 118 cm³/mol. The van der Waals surface area contributed by atoms with Crippen LogP contribution in [-0.2, 0) is 0 Å². The zero-order valence-corrected chi connectivity index (χ0v) is 19.6. The number of rotatable bonds is 3. The summed E-state index contributed by atoms with van der Waals surface area (Å²) >= 11 is 0. The van der Waals surface area contributed by atoms with E-state index < -0.39 is 119 Å². The zero-order chi connectivity index (χ0) is 30.2. The first-order chi connectivity index (χ1) is 19.3. The van der Waals surface area contributed by atoms with E-state index in [0.29, 0.717) is 0 Å². The molecule has 14 heteroatoms. The van der Waals surface area contributed by atoms with Crippen molar-refractivity contribution in [1.29, 1.82) is 0 Å². The molecule has 212 valence electrons. The van der Waals surface area contributed by atoms with E-state index in [2.05, 4.69) is 0 Å². The topological polar surface area (TPSA) is 9.23 Å². The Balaban J connectivity index is 2.26. The van der Waals surface area contributed by atoms with Crippen LogP contribution in [0.3, 0.4) is 0 Å². The number of ether oxygens (including phenoxy) is 1. The Labute approximate surface area is 219 Å². The van der Waals surface area contributed by atoms with E-state index in [0.717, 1.165) is 24.3 Å². The number of hydrogen-bond acceptors (Lipinski definition) is 1. The minimum Gasteiger partial charge on any atom is -0.497 e. The highest BCUT2D eigenvalue weighted by molar-refractivity contribution is 6.22. The maximum atomic E-state index is 15.4. The van der Waals surface area contributed by atoms with Crippen molar-refractivity contribution >= 4 is 21.5 Å². The lowest BCUT2D eigenvalue weighted by molar-refractivity contribution is 0.381. The fourth-order valence-electron chi connectivity index (χ4n) is 4.57. The standard InChI is InChI=1S/C27H7F13O/c1-41-7-4-2-6(3-5-7)8-10-12(17(30)23(36)21(34)15(10)28)9(13-11(8)16(29)22(35)24(37)18(13)31)14-19(32)25(38)27(40)26(39)20(14)33/h2-5H,1H3. The minimum absolute atomic E-state index is 0.0631. The van der Waals surface area contributed by atoms with Gasteiger partial charge in [0.05, 0.1) is 12.7 Å². The van der Waals surface area contributed by atoms with Crippen molar-refractivity contribution in [2.45, 2.75) is 0 Å². The third-order valence-corrected chi connectivity index (χ3v) is 6.37. The van der Waals surface area contributed by atoms with Crippen LogP contribution in [0.15, 0.2) is 24.3 Å². The van der Waals surface area contributed by atoms with Crippen LogP contribution in [0.25, 0.3) is 43.8 Å². The summed E-state index contributed by atoms with van der Waals surface area (Å²) in [6, 6.07) is 3.99. The second-order valence-corrected chi connectivity index (χ2v) is 8.44. The summed E-state index contributed by atoms with van der Waals surface area (Å²) in [7, 11) is 1.18. The van der Waals surface area contributed by atoms with Crippen LogP contribution in [0.5, 0.6) is 5.75 Å². The lowest BCUT2D eigenvalue weighted by Crippen LogP contribution is -2.10. The van der Waals surface area contributed by atoms with Crippen molar-refractivity contribution in [1.82, 2.24) is 0 Å². The predicted octanol–water partition coefficient (Wildman–Crippen LogP) is 9.14. The Morgan fingerprint density at radius 1 is 0.341 bits per heavy atom. The monoisotopic (exact) mass is 594 g/mol. The van der Waals surface area contributed by atoms with Crippen LogP contribution < -0.4 is 4.74 Å². The van der Waals surface area contributed by atoms with Gasteiger partial charge in [-0.3, -0.25) is 0 Å². The van der Waals surface area contributed by atoms with E-state index >= 15 is 17.6 Å². The molecule has 0 heterocycles. The van der Waals surface area contributed by atoms with Crippen molar-refractivity contribution in [3.8, 4) is 28.0 Å². The molecule has 5 rings (SSSR count). The van der Waals surface area contributed by atoms with Crippen LogP contribution in [0, 0.1) is 75.6 Å². The number of methoxy groups -OCH3 is 1. The van der Waals surface area contributed by atoms with Crippen molar-refractivity contribution in [3.05, 3.63) is 99.9 Å². The molecular formula is C27H7F13O. The molecule has 5 aromatic carbocycles. The molecule has 0 bridgehead atoms. The van der Waals surface area contributed by atoms with Gasteiger partial charge in [-0.15, -0.1) is 0 Å². The Hall–Kier alpha value is -4.49. The van der Waals surface area contributed by atoms with Gasteiger partial charge in [0, 0.05) is 32.7 Å². The number of benzene rings is 5. The number of hydrogen-bond donors (Lipinski definition) is 0. The lowest BCUT2D eigenvalue weighted by Gasteiger charge is -2.21. The Bertz CT molecular complexity index is 1840. The first kappa shape index (κ1) is 28.1. The van der Waals surface area contributed by atoms with Crippen LogP contribution in [0.2, 0.25) is 0 Å². The summed E-state index contributed by atoms with van der Waals surface area (Å²) in [5.41, 5.74) is -6.06. The molecule has 5 aromatic rings. The molecule has 0 unspecified atom stereocenters. The fourth-order valence-corrected chi connectivity index (χ4v) is 4.57. The smallest absolute Gasteiger partial charge is 0.200 e. The van der Waals surface area contributed by atoms with E-state index in [-0.39, 0.29) is 5.75 Å². The van der Waals surface area contributed by atoms with Gasteiger partial charge in [-0.1, -0.05) is 12.1 Å². The molecule has 0 aliphatic heterocycles. The zero-order valence-electron chi connectivity index (χ0n) is 19.6. The van der Waals surface area contributed by atoms with Crippen molar-refractivity contribution in [2.24, 2.45) is 0 Å². The normalized spacial score (nSPS) is 11.7. The molecule has 0 saturated heterocycles. The number of fused-ring (bicyclic) bond motifs is 2. The SMILES string of the molecule is COc1ccc(-c2c3c(F)c(F)c(F)c(F)c3c(-c3c(F)c(F)c(F)c(F)c3F)c3c(F)c(F)c(F)c(F)c23)cc1. The molecule has 0 atom stereocenters. The van der Waals surface area contributed by atoms with Gasteiger partial charge in [0.1, 0.15) is 5.75 Å². The van der Waals surface area contributed by atoms with Gasteiger partial charge in [-0.05, 0) is 17.7 Å². The molecule has 0 aliphatic carbocycles. The van der Waals surface area contributed by atoms with Gasteiger partial charge in [0.2, 0.25) is 5.82 Å². The maximum absolute atomic E-state index is 15.4. The summed E-state index contributed by atoms with van der Waals surface area (Å²) in [6.45, 7) is 0.